The Balaban J connectivity index is 0.000000799. The molecule has 2 aromatic carbocycles. The predicted molar refractivity (Wildman–Crippen MR) is 465 cm³/mol. The standard InChI is InChI=1S/C51H85NO10Si.C44H69NO8/c1-14-16-18-22-25-32-50(58-37-38-59-50)33-26-23-20-19-21-24-27-42(51(56,46(55)62-48(6,7)8)34-36-60-63(12,13)49(9,10)11)44(53)52-43(45(54)61-47(3,4)5)39-40-28-30-41(31-29-40)57-35-17-15-2;1-10-13-15-18-21-24-35(46)25-22-19-16-17-20-23-26-37(44(50,31-12-3)41(49)53-43(7,8)9)39(47)45-38(40(48)52-42(4,5)6)33-34-27-29-36(30-28-34)51-32-14-11-2/h24,27-31,42-43,56H,14,16,18-23,25-26,32-39H2,1-13H3,(H,52,53);23,26-30,37-38,50H,10,12-13,15-22,24-25,31-33H2,1-9H3,(H,45,47)/b27-24+;26-23+/t42-,43+,51+;37-,38+,44+/m11/s1. The third kappa shape index (κ3) is 43.2. The molecule has 6 atom stereocenters. The molecule has 0 spiro atoms. The van der Waals surface area contributed by atoms with Crippen molar-refractivity contribution in [1.29, 1.82) is 0 Å². The van der Waals surface area contributed by atoms with E-state index in [9.17, 15) is 43.8 Å². The molecule has 1 aliphatic heterocycles. The molecule has 0 radical (unpaired) electrons. The summed E-state index contributed by atoms with van der Waals surface area (Å²) in [5, 5.41) is 30.2. The van der Waals surface area contributed by atoms with Crippen LogP contribution in [0.25, 0.3) is 0 Å². The van der Waals surface area contributed by atoms with E-state index in [0.717, 1.165) is 94.6 Å². The SMILES string of the molecule is CC#CCOc1ccc(C[C@H](NC(=O)[C@@H](/C=C/CCCCCCC(=O)CCCCCCC)[C@@](O)(CCC)C(=O)OC(C)(C)C)C(=O)OC(C)(C)C)cc1.CC#CCOc1ccc(C[C@H](NC(=O)[C@@H](/C=C/CCCCCCC2(CCCCCCC)OCCO2)[C@@](O)(CCO[Si](C)(C)C(C)(C)C)C(=O)OC(C)(C)C)C(=O)OC(C)(C)C)cc1. The molecule has 2 amide bonds. The maximum absolute atomic E-state index is 14.7. The first-order chi connectivity index (χ1) is 54.3. The zero-order valence-electron chi connectivity index (χ0n) is 75.7. The van der Waals surface area contributed by atoms with E-state index in [1.165, 1.54) is 44.9 Å². The Morgan fingerprint density at radius 3 is 1.18 bits per heavy atom. The molecular formula is C95H154N2O18Si. The first-order valence-corrected chi connectivity index (χ1v) is 46.2. The van der Waals surface area contributed by atoms with Gasteiger partial charge in [0.25, 0.3) is 0 Å². The number of carbonyl (C=O) groups excluding carboxylic acids is 7. The molecule has 0 unspecified atom stereocenters. The number of ether oxygens (including phenoxy) is 8. The van der Waals surface area contributed by atoms with E-state index in [1.54, 1.807) is 152 Å². The lowest BCUT2D eigenvalue weighted by Gasteiger charge is -2.39. The maximum atomic E-state index is 14.7. The van der Waals surface area contributed by atoms with Crippen LogP contribution in [0.3, 0.4) is 0 Å². The van der Waals surface area contributed by atoms with Crippen molar-refractivity contribution >= 4 is 49.8 Å². The molecule has 20 nitrogen and oxygen atoms in total. The number of carbonyl (C=O) groups is 7. The number of amides is 2. The van der Waals surface area contributed by atoms with Crippen LogP contribution in [-0.4, -0.2) is 145 Å². The minimum absolute atomic E-state index is 0.0191. The average molecular weight is 1640 g/mol. The smallest absolute Gasteiger partial charge is 0.339 e. The van der Waals surface area contributed by atoms with Crippen molar-refractivity contribution in [3.05, 3.63) is 84.0 Å². The summed E-state index contributed by atoms with van der Waals surface area (Å²) in [6, 6.07) is 12.1. The van der Waals surface area contributed by atoms with Gasteiger partial charge in [0, 0.05) is 51.6 Å². The van der Waals surface area contributed by atoms with Crippen molar-refractivity contribution in [2.24, 2.45) is 11.8 Å². The Hall–Kier alpha value is -6.85. The van der Waals surface area contributed by atoms with Gasteiger partial charge in [-0.05, 0) is 208 Å². The van der Waals surface area contributed by atoms with Crippen LogP contribution >= 0.6 is 0 Å². The molecule has 1 fully saturated rings. The third-order valence-electron chi connectivity index (χ3n) is 20.1. The molecule has 2 aromatic rings. The number of benzene rings is 2. The second-order valence-electron chi connectivity index (χ2n) is 36.5. The summed E-state index contributed by atoms with van der Waals surface area (Å²) >= 11 is 0. The maximum Gasteiger partial charge on any atom is 0.339 e. The van der Waals surface area contributed by atoms with E-state index in [1.807, 2.05) is 25.1 Å². The second-order valence-corrected chi connectivity index (χ2v) is 41.3. The molecule has 0 bridgehead atoms. The fourth-order valence-electron chi connectivity index (χ4n) is 12.8. The lowest BCUT2D eigenvalue weighted by molar-refractivity contribution is -0.185. The van der Waals surface area contributed by atoms with Crippen LogP contribution in [0, 0.1) is 35.5 Å². The monoisotopic (exact) mass is 1640 g/mol. The zero-order chi connectivity index (χ0) is 87.3. The third-order valence-corrected chi connectivity index (χ3v) is 24.7. The summed E-state index contributed by atoms with van der Waals surface area (Å²) in [6.07, 6.45) is 30.4. The van der Waals surface area contributed by atoms with Gasteiger partial charge >= 0.3 is 23.9 Å². The number of hydrogen-bond donors (Lipinski definition) is 4. The van der Waals surface area contributed by atoms with Gasteiger partial charge in [-0.25, -0.2) is 19.2 Å². The van der Waals surface area contributed by atoms with Gasteiger partial charge in [-0.2, -0.15) is 0 Å². The number of rotatable bonds is 52. The van der Waals surface area contributed by atoms with Gasteiger partial charge in [0.2, 0.25) is 11.8 Å². The number of allylic oxidation sites excluding steroid dienone is 2. The quantitative estimate of drug-likeness (QED) is 0.0120. The lowest BCUT2D eigenvalue weighted by Crippen LogP contribution is -2.57. The summed E-state index contributed by atoms with van der Waals surface area (Å²) in [7, 11) is -2.32. The van der Waals surface area contributed by atoms with Gasteiger partial charge in [-0.3, -0.25) is 14.4 Å². The number of Topliss-reactive ketones (excluding diaryl/α,β-unsaturated/α-hetero) is 1. The molecule has 656 valence electrons. The van der Waals surface area contributed by atoms with Crippen molar-refractivity contribution in [1.82, 2.24) is 10.6 Å². The summed E-state index contributed by atoms with van der Waals surface area (Å²) in [5.41, 5.74) is -6.57. The molecule has 0 saturated carbocycles. The number of aliphatic hydroxyl groups is 2. The van der Waals surface area contributed by atoms with Gasteiger partial charge in [0.05, 0.1) is 25.0 Å². The molecule has 1 aliphatic rings. The fraction of sp³-hybridized carbons (Fsp3) is 0.716. The Kier molecular flexibility index (Phi) is 48.0. The molecule has 4 N–H and O–H groups in total. The van der Waals surface area contributed by atoms with Crippen LogP contribution in [-0.2, 0) is 79.3 Å². The molecule has 1 saturated heterocycles. The molecular weight excluding hydrogens is 1490 g/mol. The van der Waals surface area contributed by atoms with Gasteiger partial charge < -0.3 is 63.2 Å². The molecule has 0 aliphatic carbocycles. The molecule has 0 aromatic heterocycles. The highest BCUT2D eigenvalue weighted by Crippen LogP contribution is 2.39. The highest BCUT2D eigenvalue weighted by atomic mass is 28.4. The number of unbranched alkanes of at least 4 members (excludes halogenated alkanes) is 16. The van der Waals surface area contributed by atoms with Crippen molar-refractivity contribution < 1.29 is 86.1 Å². The van der Waals surface area contributed by atoms with Crippen molar-refractivity contribution in [3.63, 3.8) is 0 Å². The number of esters is 4. The average Bonchev–Trinajstić information content (AvgIpc) is 0.878. The Morgan fingerprint density at radius 1 is 0.483 bits per heavy atom. The predicted octanol–water partition coefficient (Wildman–Crippen LogP) is 19.3. The molecule has 21 heteroatoms. The van der Waals surface area contributed by atoms with Gasteiger partial charge in [-0.1, -0.05) is 185 Å². The lowest BCUT2D eigenvalue weighted by atomic mass is 9.81. The van der Waals surface area contributed by atoms with E-state index >= 15 is 0 Å². The van der Waals surface area contributed by atoms with Crippen LogP contribution in [0.2, 0.25) is 18.1 Å². The highest BCUT2D eigenvalue weighted by Gasteiger charge is 2.52. The number of ketones is 1. The van der Waals surface area contributed by atoms with Gasteiger partial charge in [-0.15, -0.1) is 11.8 Å². The summed E-state index contributed by atoms with van der Waals surface area (Å²) in [5.74, 6) is 5.09. The van der Waals surface area contributed by atoms with Crippen LogP contribution in [0.15, 0.2) is 72.8 Å². The van der Waals surface area contributed by atoms with E-state index in [-0.39, 0.29) is 50.5 Å². The van der Waals surface area contributed by atoms with Crippen LogP contribution in [0.5, 0.6) is 11.5 Å². The number of nitrogens with one attached hydrogen (secondary N) is 2. The summed E-state index contributed by atoms with van der Waals surface area (Å²) in [6.45, 7) is 42.8. The van der Waals surface area contributed by atoms with Crippen LogP contribution in [0.1, 0.15) is 323 Å². The van der Waals surface area contributed by atoms with Gasteiger partial charge in [0.1, 0.15) is 65.0 Å². The highest BCUT2D eigenvalue weighted by molar-refractivity contribution is 6.74. The van der Waals surface area contributed by atoms with E-state index in [2.05, 4.69) is 82.0 Å². The minimum atomic E-state index is -2.33. The first-order valence-electron chi connectivity index (χ1n) is 43.3. The Labute approximate surface area is 701 Å². The van der Waals surface area contributed by atoms with Gasteiger partial charge in [0.15, 0.2) is 25.3 Å². The molecule has 116 heavy (non-hydrogen) atoms. The van der Waals surface area contributed by atoms with Crippen LogP contribution < -0.4 is 20.1 Å². The largest absolute Gasteiger partial charge is 0.481 e. The molecule has 1 heterocycles. The Morgan fingerprint density at radius 2 is 0.836 bits per heavy atom. The summed E-state index contributed by atoms with van der Waals surface area (Å²) in [4.78, 5) is 96.2. The topological polar surface area (TPSA) is 267 Å². The minimum Gasteiger partial charge on any atom is -0.481 e. The second kappa shape index (κ2) is 52.9. The zero-order valence-corrected chi connectivity index (χ0v) is 76.7. The normalized spacial score (nSPS) is 15.3. The summed E-state index contributed by atoms with van der Waals surface area (Å²) < 4.78 is 53.0. The van der Waals surface area contributed by atoms with E-state index in [4.69, 9.17) is 42.3 Å². The first kappa shape index (κ1) is 105. The van der Waals surface area contributed by atoms with Crippen molar-refractivity contribution in [2.45, 2.75) is 394 Å². The fourth-order valence-corrected chi connectivity index (χ4v) is 13.9. The van der Waals surface area contributed by atoms with Crippen LogP contribution in [0.4, 0.5) is 0 Å². The van der Waals surface area contributed by atoms with Crippen molar-refractivity contribution in [3.8, 4) is 35.2 Å². The number of hydrogen-bond acceptors (Lipinski definition) is 18. The van der Waals surface area contributed by atoms with Crippen molar-refractivity contribution in [2.75, 3.05) is 33.0 Å². The Bertz CT molecular complexity index is 3410. The van der Waals surface area contributed by atoms with E-state index in [0.29, 0.717) is 62.6 Å². The van der Waals surface area contributed by atoms with E-state index < -0.39 is 107 Å². The molecule has 3 rings (SSSR count).